The van der Waals surface area contributed by atoms with Gasteiger partial charge in [-0.25, -0.2) is 0 Å². The number of ether oxygens (including phenoxy) is 1. The Labute approximate surface area is 101 Å². The fraction of sp³-hybridized carbons (Fsp3) is 0.667. The topological polar surface area (TPSA) is 43.4 Å². The second kappa shape index (κ2) is 7.49. The Hall–Kier alpha value is -0.770. The van der Waals surface area contributed by atoms with Crippen molar-refractivity contribution in [2.75, 3.05) is 12.9 Å². The minimum Gasteiger partial charge on any atom is -0.469 e. The van der Waals surface area contributed by atoms with Gasteiger partial charge in [0.1, 0.15) is 0 Å². The molecule has 0 radical (unpaired) electrons. The third kappa shape index (κ3) is 4.84. The Balaban J connectivity index is 1.96. The van der Waals surface area contributed by atoms with Gasteiger partial charge in [0.25, 0.3) is 0 Å². The Bertz CT molecular complexity index is 284. The van der Waals surface area contributed by atoms with Crippen LogP contribution in [0.2, 0.25) is 0 Å². The molecule has 0 bridgehead atoms. The number of thioether (sulfide) groups is 1. The zero-order valence-corrected chi connectivity index (χ0v) is 10.5. The first-order valence-electron chi connectivity index (χ1n) is 5.67. The molecule has 1 rings (SSSR count). The number of unbranched alkanes of at least 4 members (excludes halogenated alkanes) is 2. The van der Waals surface area contributed by atoms with Gasteiger partial charge in [-0.1, -0.05) is 12.5 Å². The van der Waals surface area contributed by atoms with Crippen molar-refractivity contribution in [2.45, 2.75) is 38.5 Å². The van der Waals surface area contributed by atoms with Crippen LogP contribution >= 0.6 is 11.8 Å². The number of Topliss-reactive ketones (excluding diaryl/α,β-unsaturated/α-hetero) is 1. The molecule has 0 spiro atoms. The highest BCUT2D eigenvalue weighted by molar-refractivity contribution is 8.04. The third-order valence-electron chi connectivity index (χ3n) is 2.49. The van der Waals surface area contributed by atoms with Crippen molar-refractivity contribution in [2.24, 2.45) is 0 Å². The van der Waals surface area contributed by atoms with E-state index in [-0.39, 0.29) is 5.97 Å². The molecule has 0 atom stereocenters. The van der Waals surface area contributed by atoms with Gasteiger partial charge in [-0.05, 0) is 25.0 Å². The van der Waals surface area contributed by atoms with Gasteiger partial charge in [-0.3, -0.25) is 9.59 Å². The first kappa shape index (κ1) is 13.3. The lowest BCUT2D eigenvalue weighted by Crippen LogP contribution is -1.99. The molecule has 0 unspecified atom stereocenters. The molecule has 0 aromatic carbocycles. The Morgan fingerprint density at radius 1 is 1.44 bits per heavy atom. The largest absolute Gasteiger partial charge is 0.469 e. The highest BCUT2D eigenvalue weighted by Gasteiger charge is 2.14. The monoisotopic (exact) mass is 242 g/mol. The molecule has 0 fully saturated rings. The van der Waals surface area contributed by atoms with Gasteiger partial charge in [-0.15, -0.1) is 11.8 Å². The van der Waals surface area contributed by atoms with E-state index in [9.17, 15) is 9.59 Å². The molecule has 0 saturated carbocycles. The number of hydrogen-bond acceptors (Lipinski definition) is 4. The predicted molar refractivity (Wildman–Crippen MR) is 65.3 cm³/mol. The maximum Gasteiger partial charge on any atom is 0.305 e. The number of esters is 1. The number of hydrogen-bond donors (Lipinski definition) is 0. The van der Waals surface area contributed by atoms with Crippen LogP contribution in [0.4, 0.5) is 0 Å². The van der Waals surface area contributed by atoms with Crippen LogP contribution < -0.4 is 0 Å². The van der Waals surface area contributed by atoms with Crippen LogP contribution in [-0.2, 0) is 14.3 Å². The maximum atomic E-state index is 11.3. The highest BCUT2D eigenvalue weighted by atomic mass is 32.2. The first-order valence-corrected chi connectivity index (χ1v) is 6.65. The SMILES string of the molecule is COC(=O)CCCCCSC1=CCCC1=O. The summed E-state index contributed by atoms with van der Waals surface area (Å²) in [7, 11) is 1.41. The Morgan fingerprint density at radius 3 is 2.88 bits per heavy atom. The van der Waals surface area contributed by atoms with E-state index in [1.54, 1.807) is 11.8 Å². The number of allylic oxidation sites excluding steroid dienone is 2. The van der Waals surface area contributed by atoms with E-state index in [4.69, 9.17) is 0 Å². The van der Waals surface area contributed by atoms with Crippen molar-refractivity contribution >= 4 is 23.5 Å². The molecule has 16 heavy (non-hydrogen) atoms. The van der Waals surface area contributed by atoms with Gasteiger partial charge in [-0.2, -0.15) is 0 Å². The molecule has 0 aliphatic heterocycles. The Morgan fingerprint density at radius 2 is 2.25 bits per heavy atom. The van der Waals surface area contributed by atoms with E-state index in [1.807, 2.05) is 6.08 Å². The van der Waals surface area contributed by atoms with Gasteiger partial charge >= 0.3 is 5.97 Å². The van der Waals surface area contributed by atoms with Crippen LogP contribution in [-0.4, -0.2) is 24.6 Å². The van der Waals surface area contributed by atoms with E-state index < -0.39 is 0 Å². The highest BCUT2D eigenvalue weighted by Crippen LogP contribution is 2.26. The van der Waals surface area contributed by atoms with Crippen molar-refractivity contribution in [3.63, 3.8) is 0 Å². The van der Waals surface area contributed by atoms with Crippen LogP contribution in [0.25, 0.3) is 0 Å². The van der Waals surface area contributed by atoms with Gasteiger partial charge in [0, 0.05) is 17.7 Å². The van der Waals surface area contributed by atoms with Crippen LogP contribution in [0, 0.1) is 0 Å². The number of carbonyl (C=O) groups is 2. The van der Waals surface area contributed by atoms with E-state index >= 15 is 0 Å². The summed E-state index contributed by atoms with van der Waals surface area (Å²) in [4.78, 5) is 23.0. The van der Waals surface area contributed by atoms with Gasteiger partial charge in [0.2, 0.25) is 0 Å². The summed E-state index contributed by atoms with van der Waals surface area (Å²) in [5, 5.41) is 0. The van der Waals surface area contributed by atoms with E-state index in [0.717, 1.165) is 36.3 Å². The number of ketones is 1. The number of rotatable bonds is 7. The summed E-state index contributed by atoms with van der Waals surface area (Å²) in [6.45, 7) is 0. The molecule has 0 amide bonds. The molecule has 1 aliphatic carbocycles. The molecule has 0 saturated heterocycles. The van der Waals surface area contributed by atoms with Crippen molar-refractivity contribution in [3.8, 4) is 0 Å². The molecular formula is C12H18O3S. The maximum absolute atomic E-state index is 11.3. The zero-order chi connectivity index (χ0) is 11.8. The lowest BCUT2D eigenvalue weighted by Gasteiger charge is -2.01. The Kier molecular flexibility index (Phi) is 6.23. The van der Waals surface area contributed by atoms with Crippen molar-refractivity contribution in [1.82, 2.24) is 0 Å². The fourth-order valence-electron chi connectivity index (χ4n) is 1.54. The number of methoxy groups -OCH3 is 1. The lowest BCUT2D eigenvalue weighted by molar-refractivity contribution is -0.140. The molecule has 90 valence electrons. The summed E-state index contributed by atoms with van der Waals surface area (Å²) in [5.74, 6) is 1.12. The average Bonchev–Trinajstić information content (AvgIpc) is 2.69. The minimum absolute atomic E-state index is 0.138. The molecule has 3 nitrogen and oxygen atoms in total. The minimum atomic E-state index is -0.138. The summed E-state index contributed by atoms with van der Waals surface area (Å²) in [6.07, 6.45) is 7.06. The fourth-order valence-corrected chi connectivity index (χ4v) is 2.61. The average molecular weight is 242 g/mol. The van der Waals surface area contributed by atoms with Crippen molar-refractivity contribution in [3.05, 3.63) is 11.0 Å². The summed E-state index contributed by atoms with van der Waals surface area (Å²) in [6, 6.07) is 0. The third-order valence-corrected chi connectivity index (χ3v) is 3.68. The quantitative estimate of drug-likeness (QED) is 0.508. The van der Waals surface area contributed by atoms with E-state index in [2.05, 4.69) is 4.74 Å². The van der Waals surface area contributed by atoms with E-state index in [1.165, 1.54) is 7.11 Å². The van der Waals surface area contributed by atoms with Crippen LogP contribution in [0.1, 0.15) is 38.5 Å². The summed E-state index contributed by atoms with van der Waals surface area (Å²) >= 11 is 1.65. The molecule has 0 aromatic rings. The van der Waals surface area contributed by atoms with E-state index in [0.29, 0.717) is 18.6 Å². The van der Waals surface area contributed by atoms with Gasteiger partial charge in [0.15, 0.2) is 5.78 Å². The van der Waals surface area contributed by atoms with Gasteiger partial charge in [0.05, 0.1) is 7.11 Å². The van der Waals surface area contributed by atoms with Crippen molar-refractivity contribution < 1.29 is 14.3 Å². The summed E-state index contributed by atoms with van der Waals surface area (Å²) < 4.78 is 4.55. The van der Waals surface area contributed by atoms with Crippen LogP contribution in [0.15, 0.2) is 11.0 Å². The smallest absolute Gasteiger partial charge is 0.305 e. The molecule has 4 heteroatoms. The molecule has 1 aliphatic rings. The molecule has 0 aromatic heterocycles. The first-order chi connectivity index (χ1) is 7.74. The standard InChI is InChI=1S/C12H18O3S/c1-15-12(14)8-3-2-4-9-16-11-7-5-6-10(11)13/h7H,2-6,8-9H2,1H3. The van der Waals surface area contributed by atoms with Crippen LogP contribution in [0.3, 0.4) is 0 Å². The molecular weight excluding hydrogens is 224 g/mol. The van der Waals surface area contributed by atoms with Crippen LogP contribution in [0.5, 0.6) is 0 Å². The van der Waals surface area contributed by atoms with Crippen molar-refractivity contribution in [1.29, 1.82) is 0 Å². The second-order valence-electron chi connectivity index (χ2n) is 3.77. The number of carbonyl (C=O) groups excluding carboxylic acids is 2. The normalized spacial score (nSPS) is 15.1. The lowest BCUT2D eigenvalue weighted by atomic mass is 10.2. The van der Waals surface area contributed by atoms with Gasteiger partial charge < -0.3 is 4.74 Å². The molecule has 0 N–H and O–H groups in total. The summed E-state index contributed by atoms with van der Waals surface area (Å²) in [5.41, 5.74) is 0. The predicted octanol–water partition coefficient (Wildman–Crippen LogP) is 2.70. The second-order valence-corrected chi connectivity index (χ2v) is 4.90. The molecule has 0 heterocycles. The zero-order valence-electron chi connectivity index (χ0n) is 9.66.